The van der Waals surface area contributed by atoms with Crippen molar-refractivity contribution in [1.82, 2.24) is 4.90 Å². The van der Waals surface area contributed by atoms with Gasteiger partial charge in [0.1, 0.15) is 6.10 Å². The van der Waals surface area contributed by atoms with Crippen LogP contribution in [0, 0.1) is 0 Å². The van der Waals surface area contributed by atoms with Gasteiger partial charge in [0.05, 0.1) is 6.42 Å². The minimum Gasteiger partial charge on any atom is -0.370 e. The molecule has 3 rings (SSSR count). The SMILES string of the molecule is CN1C(=O)Cc2ccc(C(=O)C3CCCCO3)cc2C1=O. The van der Waals surface area contributed by atoms with Crippen molar-refractivity contribution in [3.63, 3.8) is 0 Å². The number of amides is 2. The average Bonchev–Trinajstić information content (AvgIpc) is 2.53. The highest BCUT2D eigenvalue weighted by molar-refractivity contribution is 6.11. The van der Waals surface area contributed by atoms with Gasteiger partial charge in [0, 0.05) is 24.8 Å². The van der Waals surface area contributed by atoms with Gasteiger partial charge in [0.2, 0.25) is 5.91 Å². The van der Waals surface area contributed by atoms with Crippen LogP contribution in [0.1, 0.15) is 45.5 Å². The van der Waals surface area contributed by atoms with Gasteiger partial charge in [-0.15, -0.1) is 0 Å². The molecule has 110 valence electrons. The van der Waals surface area contributed by atoms with Gasteiger partial charge >= 0.3 is 0 Å². The zero-order chi connectivity index (χ0) is 15.0. The Morgan fingerprint density at radius 2 is 2.10 bits per heavy atom. The number of likely N-dealkylation sites (N-methyl/N-ethyl adjacent to an activating group) is 1. The summed E-state index contributed by atoms with van der Waals surface area (Å²) in [5, 5.41) is 0. The first-order valence-electron chi connectivity index (χ1n) is 7.17. The van der Waals surface area contributed by atoms with Crippen LogP contribution in [0.25, 0.3) is 0 Å². The number of ether oxygens (including phenoxy) is 1. The third-order valence-electron chi connectivity index (χ3n) is 4.12. The molecular weight excluding hydrogens is 270 g/mol. The highest BCUT2D eigenvalue weighted by atomic mass is 16.5. The fraction of sp³-hybridized carbons (Fsp3) is 0.438. The quantitative estimate of drug-likeness (QED) is 0.612. The van der Waals surface area contributed by atoms with E-state index in [1.165, 1.54) is 7.05 Å². The average molecular weight is 287 g/mol. The molecule has 1 unspecified atom stereocenters. The van der Waals surface area contributed by atoms with E-state index in [0.717, 1.165) is 24.2 Å². The molecule has 0 spiro atoms. The Labute approximate surface area is 122 Å². The van der Waals surface area contributed by atoms with Crippen LogP contribution in [0.2, 0.25) is 0 Å². The van der Waals surface area contributed by atoms with E-state index in [1.54, 1.807) is 18.2 Å². The highest BCUT2D eigenvalue weighted by Crippen LogP contribution is 2.23. The van der Waals surface area contributed by atoms with Crippen molar-refractivity contribution >= 4 is 17.6 Å². The van der Waals surface area contributed by atoms with E-state index in [0.29, 0.717) is 23.3 Å². The molecule has 0 bridgehead atoms. The third kappa shape index (κ3) is 2.49. The molecule has 2 aliphatic heterocycles. The topological polar surface area (TPSA) is 63.7 Å². The lowest BCUT2D eigenvalue weighted by molar-refractivity contribution is -0.127. The van der Waals surface area contributed by atoms with Crippen molar-refractivity contribution in [3.05, 3.63) is 34.9 Å². The van der Waals surface area contributed by atoms with Crippen molar-refractivity contribution in [1.29, 1.82) is 0 Å². The summed E-state index contributed by atoms with van der Waals surface area (Å²) in [6.45, 7) is 0.609. The second-order valence-electron chi connectivity index (χ2n) is 5.53. The monoisotopic (exact) mass is 287 g/mol. The number of carbonyl (C=O) groups is 3. The lowest BCUT2D eigenvalue weighted by atomic mass is 9.93. The fourth-order valence-electron chi connectivity index (χ4n) is 2.79. The van der Waals surface area contributed by atoms with Crippen LogP contribution in [0.15, 0.2) is 18.2 Å². The van der Waals surface area contributed by atoms with E-state index in [4.69, 9.17) is 4.74 Å². The van der Waals surface area contributed by atoms with E-state index in [2.05, 4.69) is 0 Å². The van der Waals surface area contributed by atoms with Crippen LogP contribution in [-0.2, 0) is 16.0 Å². The summed E-state index contributed by atoms with van der Waals surface area (Å²) in [6.07, 6.45) is 2.49. The lowest BCUT2D eigenvalue weighted by Gasteiger charge is -2.25. The first kappa shape index (κ1) is 13.9. The Bertz CT molecular complexity index is 617. The van der Waals surface area contributed by atoms with Gasteiger partial charge in [0.25, 0.3) is 5.91 Å². The number of nitrogens with zero attached hydrogens (tertiary/aromatic N) is 1. The predicted molar refractivity (Wildman–Crippen MR) is 75.2 cm³/mol. The maximum absolute atomic E-state index is 12.4. The van der Waals surface area contributed by atoms with Gasteiger partial charge in [-0.3, -0.25) is 19.3 Å². The molecule has 2 heterocycles. The normalized spacial score (nSPS) is 22.1. The summed E-state index contributed by atoms with van der Waals surface area (Å²) in [4.78, 5) is 37.3. The van der Waals surface area contributed by atoms with Gasteiger partial charge < -0.3 is 4.74 Å². The van der Waals surface area contributed by atoms with Crippen LogP contribution >= 0.6 is 0 Å². The van der Waals surface area contributed by atoms with Crippen LogP contribution in [0.4, 0.5) is 0 Å². The molecule has 5 nitrogen and oxygen atoms in total. The van der Waals surface area contributed by atoms with E-state index in [9.17, 15) is 14.4 Å². The summed E-state index contributed by atoms with van der Waals surface area (Å²) in [5.41, 5.74) is 1.61. The van der Waals surface area contributed by atoms with Crippen molar-refractivity contribution in [2.24, 2.45) is 0 Å². The summed E-state index contributed by atoms with van der Waals surface area (Å²) in [6, 6.07) is 4.99. The molecule has 1 atom stereocenters. The lowest BCUT2D eigenvalue weighted by Crippen LogP contribution is -2.39. The largest absolute Gasteiger partial charge is 0.370 e. The van der Waals surface area contributed by atoms with Crippen molar-refractivity contribution in [2.45, 2.75) is 31.8 Å². The first-order chi connectivity index (χ1) is 10.1. The molecule has 0 aromatic heterocycles. The number of rotatable bonds is 2. The Morgan fingerprint density at radius 1 is 1.29 bits per heavy atom. The van der Waals surface area contributed by atoms with Gasteiger partial charge in [-0.2, -0.15) is 0 Å². The number of imide groups is 1. The summed E-state index contributed by atoms with van der Waals surface area (Å²) in [7, 11) is 1.46. The minimum atomic E-state index is -0.408. The zero-order valence-corrected chi connectivity index (χ0v) is 11.9. The van der Waals surface area contributed by atoms with Crippen molar-refractivity contribution in [3.8, 4) is 0 Å². The van der Waals surface area contributed by atoms with Crippen molar-refractivity contribution in [2.75, 3.05) is 13.7 Å². The number of Topliss-reactive ketones (excluding diaryl/α,β-unsaturated/α-hetero) is 1. The number of hydrogen-bond acceptors (Lipinski definition) is 4. The molecule has 1 aromatic rings. The molecule has 5 heteroatoms. The molecule has 1 fully saturated rings. The zero-order valence-electron chi connectivity index (χ0n) is 11.9. The van der Waals surface area contributed by atoms with Crippen LogP contribution in [-0.4, -0.2) is 42.3 Å². The molecule has 0 radical (unpaired) electrons. The smallest absolute Gasteiger partial charge is 0.260 e. The Hall–Kier alpha value is -2.01. The third-order valence-corrected chi connectivity index (χ3v) is 4.12. The maximum atomic E-state index is 12.4. The van der Waals surface area contributed by atoms with Crippen LogP contribution in [0.3, 0.4) is 0 Å². The van der Waals surface area contributed by atoms with Gasteiger partial charge in [-0.1, -0.05) is 12.1 Å². The number of benzene rings is 1. The van der Waals surface area contributed by atoms with Gasteiger partial charge in [0.15, 0.2) is 5.78 Å². The molecule has 0 saturated carbocycles. The number of ketones is 1. The number of carbonyl (C=O) groups excluding carboxylic acids is 3. The predicted octanol–water partition coefficient (Wildman–Crippen LogP) is 1.59. The van der Waals surface area contributed by atoms with Crippen LogP contribution in [0.5, 0.6) is 0 Å². The van der Waals surface area contributed by atoms with E-state index in [1.807, 2.05) is 0 Å². The first-order valence-corrected chi connectivity index (χ1v) is 7.17. The molecule has 2 amide bonds. The molecule has 1 aromatic carbocycles. The standard InChI is InChI=1S/C16H17NO4/c1-17-14(18)9-10-5-6-11(8-12(10)16(17)20)15(19)13-4-2-3-7-21-13/h5-6,8,13H,2-4,7,9H2,1H3. The fourth-order valence-corrected chi connectivity index (χ4v) is 2.79. The van der Waals surface area contributed by atoms with E-state index < -0.39 is 6.10 Å². The second kappa shape index (κ2) is 5.41. The molecule has 1 saturated heterocycles. The molecule has 2 aliphatic rings. The maximum Gasteiger partial charge on any atom is 0.260 e. The van der Waals surface area contributed by atoms with Crippen molar-refractivity contribution < 1.29 is 19.1 Å². The van der Waals surface area contributed by atoms with Gasteiger partial charge in [-0.05, 0) is 30.9 Å². The second-order valence-corrected chi connectivity index (χ2v) is 5.53. The molecule has 0 N–H and O–H groups in total. The minimum absolute atomic E-state index is 0.0788. The Morgan fingerprint density at radius 3 is 2.81 bits per heavy atom. The molecule has 21 heavy (non-hydrogen) atoms. The van der Waals surface area contributed by atoms with E-state index in [-0.39, 0.29) is 24.0 Å². The van der Waals surface area contributed by atoms with Gasteiger partial charge in [-0.25, -0.2) is 0 Å². The Balaban J connectivity index is 1.90. The summed E-state index contributed by atoms with van der Waals surface area (Å²) < 4.78 is 5.50. The summed E-state index contributed by atoms with van der Waals surface area (Å²) in [5.74, 6) is -0.646. The molecular formula is C16H17NO4. The van der Waals surface area contributed by atoms with E-state index >= 15 is 0 Å². The summed E-state index contributed by atoms with van der Waals surface area (Å²) >= 11 is 0. The highest BCUT2D eigenvalue weighted by Gasteiger charge is 2.30. The van der Waals surface area contributed by atoms with Crippen LogP contribution < -0.4 is 0 Å². The Kier molecular flexibility index (Phi) is 3.59. The number of fused-ring (bicyclic) bond motifs is 1. The number of hydrogen-bond donors (Lipinski definition) is 0. The molecule has 0 aliphatic carbocycles.